The third kappa shape index (κ3) is 4.85. The Bertz CT molecular complexity index is 825. The largest absolute Gasteiger partial charge is 0.367 e. The summed E-state index contributed by atoms with van der Waals surface area (Å²) in [4.78, 5) is 5.03. The molecule has 1 aliphatic heterocycles. The summed E-state index contributed by atoms with van der Waals surface area (Å²) in [6.45, 7) is 9.20. The van der Waals surface area contributed by atoms with E-state index in [1.807, 2.05) is 12.1 Å². The normalized spacial score (nSPS) is 17.0. The van der Waals surface area contributed by atoms with E-state index in [1.165, 1.54) is 62.7 Å². The molecule has 1 fully saturated rings. The molecule has 0 spiro atoms. The molecular weight excluding hydrogens is 358 g/mol. The first-order chi connectivity index (χ1) is 12.9. The van der Waals surface area contributed by atoms with Crippen LogP contribution in [0.5, 0.6) is 0 Å². The second kappa shape index (κ2) is 8.65. The van der Waals surface area contributed by atoms with Crippen LogP contribution in [0.1, 0.15) is 64.4 Å². The molecule has 2 heterocycles. The first kappa shape index (κ1) is 20.2. The maximum Gasteiger partial charge on any atom is 0.163 e. The van der Waals surface area contributed by atoms with E-state index in [2.05, 4.69) is 34.4 Å². The van der Waals surface area contributed by atoms with Gasteiger partial charge in [0.15, 0.2) is 10.7 Å². The number of hydrogen-bond donors (Lipinski definition) is 3. The van der Waals surface area contributed by atoms with Crippen molar-refractivity contribution in [2.24, 2.45) is 0 Å². The molecule has 150 valence electrons. The van der Waals surface area contributed by atoms with Gasteiger partial charge in [0.05, 0.1) is 0 Å². The standard InChI is InChI=1S/C21H33N3O2S/c1-4-5-6-11-24-12-9-16(10-13-24)19-15-22-20-8-7-17(14-18(19)20)23-21(2,3)27(25)26/h7-8,14-16,22-23,27H,4-6,9-13H2,1-3H3. The highest BCUT2D eigenvalue weighted by Gasteiger charge is 2.24. The molecule has 0 amide bonds. The topological polar surface area (TPSA) is 65.2 Å². The van der Waals surface area contributed by atoms with E-state index in [0.717, 1.165) is 11.2 Å². The van der Waals surface area contributed by atoms with Crippen LogP contribution in [-0.4, -0.2) is 42.8 Å². The van der Waals surface area contributed by atoms with Gasteiger partial charge in [0.2, 0.25) is 0 Å². The summed E-state index contributed by atoms with van der Waals surface area (Å²) >= 11 is 0. The van der Waals surface area contributed by atoms with Crippen LogP contribution in [0.15, 0.2) is 24.4 Å². The first-order valence-corrected chi connectivity index (χ1v) is 11.3. The number of unbranched alkanes of at least 4 members (excludes halogenated alkanes) is 2. The van der Waals surface area contributed by atoms with Crippen LogP contribution in [0, 0.1) is 0 Å². The van der Waals surface area contributed by atoms with Crippen molar-refractivity contribution in [3.8, 4) is 0 Å². The fourth-order valence-corrected chi connectivity index (χ4v) is 4.23. The Balaban J connectivity index is 1.71. The molecule has 27 heavy (non-hydrogen) atoms. The number of aromatic nitrogens is 1. The third-order valence-electron chi connectivity index (χ3n) is 5.73. The third-order valence-corrected chi connectivity index (χ3v) is 6.75. The summed E-state index contributed by atoms with van der Waals surface area (Å²) in [5.41, 5.74) is 3.33. The van der Waals surface area contributed by atoms with E-state index >= 15 is 0 Å². The number of H-pyrrole nitrogens is 1. The SMILES string of the molecule is CCCCCN1CCC(c2c[nH]c3ccc(NC(C)(C)[SH](=O)=O)cc23)CC1. The molecule has 1 aromatic carbocycles. The molecule has 6 heteroatoms. The number of nitrogens with one attached hydrogen (secondary N) is 2. The first-order valence-electron chi connectivity index (χ1n) is 10.2. The second-order valence-corrected chi connectivity index (χ2v) is 9.90. The van der Waals surface area contributed by atoms with Gasteiger partial charge in [-0.05, 0) is 82.4 Å². The maximum atomic E-state index is 11.4. The number of thiol groups is 1. The van der Waals surface area contributed by atoms with Crippen LogP contribution in [0.3, 0.4) is 0 Å². The Hall–Kier alpha value is -1.53. The predicted octanol–water partition coefficient (Wildman–Crippen LogP) is 4.30. The molecule has 0 unspecified atom stereocenters. The van der Waals surface area contributed by atoms with Crippen molar-refractivity contribution >= 4 is 27.3 Å². The molecule has 0 atom stereocenters. The highest BCUT2D eigenvalue weighted by Crippen LogP contribution is 2.34. The van der Waals surface area contributed by atoms with Crippen molar-refractivity contribution in [2.75, 3.05) is 25.0 Å². The average molecular weight is 392 g/mol. The minimum Gasteiger partial charge on any atom is -0.367 e. The Morgan fingerprint density at radius 3 is 2.63 bits per heavy atom. The fraction of sp³-hybridized carbons (Fsp3) is 0.619. The Kier molecular flexibility index (Phi) is 6.48. The summed E-state index contributed by atoms with van der Waals surface area (Å²) in [7, 11) is -2.56. The predicted molar refractivity (Wildman–Crippen MR) is 114 cm³/mol. The lowest BCUT2D eigenvalue weighted by atomic mass is 9.89. The molecular formula is C21H33N3O2S. The van der Waals surface area contributed by atoms with E-state index < -0.39 is 15.6 Å². The van der Waals surface area contributed by atoms with Gasteiger partial charge < -0.3 is 15.2 Å². The Morgan fingerprint density at radius 2 is 1.96 bits per heavy atom. The van der Waals surface area contributed by atoms with Crippen LogP contribution >= 0.6 is 0 Å². The van der Waals surface area contributed by atoms with Crippen molar-refractivity contribution in [1.82, 2.24) is 9.88 Å². The molecule has 5 nitrogen and oxygen atoms in total. The van der Waals surface area contributed by atoms with Gasteiger partial charge in [0, 0.05) is 22.8 Å². The minimum atomic E-state index is -2.56. The van der Waals surface area contributed by atoms with E-state index in [0.29, 0.717) is 5.92 Å². The maximum absolute atomic E-state index is 11.4. The van der Waals surface area contributed by atoms with Crippen molar-refractivity contribution in [1.29, 1.82) is 0 Å². The second-order valence-electron chi connectivity index (χ2n) is 8.27. The molecule has 2 N–H and O–H groups in total. The van der Waals surface area contributed by atoms with Gasteiger partial charge in [-0.15, -0.1) is 0 Å². The quantitative estimate of drug-likeness (QED) is 0.464. The van der Waals surface area contributed by atoms with E-state index in [1.54, 1.807) is 13.8 Å². The number of aromatic amines is 1. The lowest BCUT2D eigenvalue weighted by Gasteiger charge is -2.32. The zero-order valence-corrected chi connectivity index (χ0v) is 17.6. The molecule has 0 bridgehead atoms. The Morgan fingerprint density at radius 1 is 1.22 bits per heavy atom. The monoisotopic (exact) mass is 391 g/mol. The van der Waals surface area contributed by atoms with Crippen molar-refractivity contribution in [3.05, 3.63) is 30.0 Å². The summed E-state index contributed by atoms with van der Waals surface area (Å²) in [6.07, 6.45) is 8.43. The van der Waals surface area contributed by atoms with Gasteiger partial charge in [-0.2, -0.15) is 0 Å². The van der Waals surface area contributed by atoms with E-state index in [4.69, 9.17) is 0 Å². The lowest BCUT2D eigenvalue weighted by Crippen LogP contribution is -2.33. The number of nitrogens with zero attached hydrogens (tertiary/aromatic N) is 1. The van der Waals surface area contributed by atoms with Gasteiger partial charge >= 0.3 is 0 Å². The number of hydrogen-bond acceptors (Lipinski definition) is 4. The highest BCUT2D eigenvalue weighted by molar-refractivity contribution is 7.74. The number of anilines is 1. The molecule has 0 aliphatic carbocycles. The average Bonchev–Trinajstić information content (AvgIpc) is 3.05. The highest BCUT2D eigenvalue weighted by atomic mass is 32.2. The summed E-state index contributed by atoms with van der Waals surface area (Å²) in [6, 6.07) is 6.07. The van der Waals surface area contributed by atoms with E-state index in [9.17, 15) is 8.42 Å². The molecule has 1 aliphatic rings. The number of fused-ring (bicyclic) bond motifs is 1. The van der Waals surface area contributed by atoms with Crippen LogP contribution in [0.4, 0.5) is 5.69 Å². The van der Waals surface area contributed by atoms with Crippen LogP contribution in [0.2, 0.25) is 0 Å². The van der Waals surface area contributed by atoms with Crippen LogP contribution in [-0.2, 0) is 10.7 Å². The molecule has 1 saturated heterocycles. The Labute approximate surface area is 164 Å². The van der Waals surface area contributed by atoms with Crippen LogP contribution < -0.4 is 5.32 Å². The molecule has 1 aromatic heterocycles. The van der Waals surface area contributed by atoms with Crippen molar-refractivity contribution < 1.29 is 8.42 Å². The number of benzene rings is 1. The number of rotatable bonds is 8. The summed E-state index contributed by atoms with van der Waals surface area (Å²) in [5.74, 6) is 0.570. The fourth-order valence-electron chi connectivity index (χ4n) is 4.01. The smallest absolute Gasteiger partial charge is 0.163 e. The van der Waals surface area contributed by atoms with Crippen LogP contribution in [0.25, 0.3) is 10.9 Å². The van der Waals surface area contributed by atoms with Crippen molar-refractivity contribution in [2.45, 2.75) is 63.7 Å². The lowest BCUT2D eigenvalue weighted by molar-refractivity contribution is 0.209. The van der Waals surface area contributed by atoms with E-state index in [-0.39, 0.29) is 0 Å². The molecule has 3 rings (SSSR count). The van der Waals surface area contributed by atoms with Crippen molar-refractivity contribution in [3.63, 3.8) is 0 Å². The summed E-state index contributed by atoms with van der Waals surface area (Å²) in [5, 5.41) is 4.36. The minimum absolute atomic E-state index is 0.570. The molecule has 2 aromatic rings. The molecule has 0 radical (unpaired) electrons. The van der Waals surface area contributed by atoms with Gasteiger partial charge in [-0.25, -0.2) is 8.42 Å². The van der Waals surface area contributed by atoms with Gasteiger partial charge in [-0.1, -0.05) is 19.8 Å². The number of likely N-dealkylation sites (tertiary alicyclic amines) is 1. The van der Waals surface area contributed by atoms with Gasteiger partial charge in [0.1, 0.15) is 4.87 Å². The zero-order valence-electron chi connectivity index (χ0n) is 16.8. The number of piperidine rings is 1. The van der Waals surface area contributed by atoms with Gasteiger partial charge in [-0.3, -0.25) is 0 Å². The summed E-state index contributed by atoms with van der Waals surface area (Å²) < 4.78 is 22.9. The zero-order chi connectivity index (χ0) is 19.4. The molecule has 0 saturated carbocycles. The van der Waals surface area contributed by atoms with Gasteiger partial charge in [0.25, 0.3) is 0 Å².